The van der Waals surface area contributed by atoms with Crippen LogP contribution in [0, 0.1) is 5.82 Å². The predicted octanol–water partition coefficient (Wildman–Crippen LogP) is 2.77. The number of halogens is 3. The maximum absolute atomic E-state index is 13.4. The van der Waals surface area contributed by atoms with Crippen molar-refractivity contribution in [3.63, 3.8) is 0 Å². The standard InChI is InChI=1S/C13H18BrFN2O2S.ClH/c1-2-7-17(11-5-6-16-9-11)20(18,19)13-8-10(15)3-4-12(13)14;/h3-4,8,11,16H,2,5-7,9H2,1H3;1H. The number of benzene rings is 1. The second-order valence-corrected chi connectivity index (χ2v) is 7.55. The minimum atomic E-state index is -3.69. The normalized spacial score (nSPS) is 18.8. The molecule has 1 aliphatic heterocycles. The van der Waals surface area contributed by atoms with Crippen LogP contribution < -0.4 is 5.32 Å². The van der Waals surface area contributed by atoms with E-state index in [-0.39, 0.29) is 23.3 Å². The predicted molar refractivity (Wildman–Crippen MR) is 86.8 cm³/mol. The number of sulfonamides is 1. The minimum Gasteiger partial charge on any atom is -0.315 e. The van der Waals surface area contributed by atoms with E-state index in [4.69, 9.17) is 0 Å². The summed E-state index contributed by atoms with van der Waals surface area (Å²) in [5, 5.41) is 3.17. The van der Waals surface area contributed by atoms with Crippen LogP contribution in [0.4, 0.5) is 4.39 Å². The Bertz CT molecular complexity index is 580. The third-order valence-electron chi connectivity index (χ3n) is 3.37. The second-order valence-electron chi connectivity index (χ2n) is 4.84. The van der Waals surface area contributed by atoms with E-state index >= 15 is 0 Å². The van der Waals surface area contributed by atoms with E-state index in [9.17, 15) is 12.8 Å². The molecule has 1 atom stereocenters. The maximum Gasteiger partial charge on any atom is 0.244 e. The van der Waals surface area contributed by atoms with Gasteiger partial charge in [-0.2, -0.15) is 4.31 Å². The van der Waals surface area contributed by atoms with Gasteiger partial charge in [0.05, 0.1) is 4.90 Å². The van der Waals surface area contributed by atoms with Crippen molar-refractivity contribution in [2.75, 3.05) is 19.6 Å². The van der Waals surface area contributed by atoms with Crippen LogP contribution in [0.1, 0.15) is 19.8 Å². The van der Waals surface area contributed by atoms with Gasteiger partial charge in [-0.3, -0.25) is 0 Å². The molecule has 0 spiro atoms. The summed E-state index contributed by atoms with van der Waals surface area (Å²) in [6.45, 7) is 3.83. The van der Waals surface area contributed by atoms with Crippen molar-refractivity contribution in [1.29, 1.82) is 0 Å². The van der Waals surface area contributed by atoms with Gasteiger partial charge >= 0.3 is 0 Å². The molecule has 1 N–H and O–H groups in total. The number of hydrogen-bond acceptors (Lipinski definition) is 3. The molecule has 120 valence electrons. The van der Waals surface area contributed by atoms with Crippen LogP contribution in [0.25, 0.3) is 0 Å². The van der Waals surface area contributed by atoms with Gasteiger partial charge in [-0.15, -0.1) is 12.4 Å². The topological polar surface area (TPSA) is 49.4 Å². The van der Waals surface area contributed by atoms with Crippen LogP contribution in [0.3, 0.4) is 0 Å². The molecule has 0 amide bonds. The Morgan fingerprint density at radius 2 is 2.19 bits per heavy atom. The van der Waals surface area contributed by atoms with Gasteiger partial charge in [0, 0.05) is 23.6 Å². The van der Waals surface area contributed by atoms with E-state index < -0.39 is 15.8 Å². The first-order valence-electron chi connectivity index (χ1n) is 6.64. The van der Waals surface area contributed by atoms with Crippen molar-refractivity contribution in [3.8, 4) is 0 Å². The average molecular weight is 402 g/mol. The monoisotopic (exact) mass is 400 g/mol. The number of nitrogens with one attached hydrogen (secondary N) is 1. The Balaban J connectivity index is 0.00000220. The molecule has 0 aliphatic carbocycles. The molecule has 1 fully saturated rings. The Morgan fingerprint density at radius 3 is 2.76 bits per heavy atom. The van der Waals surface area contributed by atoms with Crippen molar-refractivity contribution < 1.29 is 12.8 Å². The lowest BCUT2D eigenvalue weighted by Crippen LogP contribution is -2.42. The summed E-state index contributed by atoms with van der Waals surface area (Å²) >= 11 is 3.21. The lowest BCUT2D eigenvalue weighted by molar-refractivity contribution is 0.334. The third-order valence-corrected chi connectivity index (χ3v) is 6.31. The highest BCUT2D eigenvalue weighted by molar-refractivity contribution is 9.10. The minimum absolute atomic E-state index is 0. The van der Waals surface area contributed by atoms with Crippen LogP contribution in [-0.2, 0) is 10.0 Å². The molecule has 21 heavy (non-hydrogen) atoms. The quantitative estimate of drug-likeness (QED) is 0.825. The van der Waals surface area contributed by atoms with Crippen molar-refractivity contribution >= 4 is 38.4 Å². The van der Waals surface area contributed by atoms with E-state index in [1.807, 2.05) is 6.92 Å². The highest BCUT2D eigenvalue weighted by atomic mass is 79.9. The molecule has 1 aliphatic rings. The Hall–Kier alpha value is -0.210. The fraction of sp³-hybridized carbons (Fsp3) is 0.538. The highest BCUT2D eigenvalue weighted by Gasteiger charge is 2.33. The smallest absolute Gasteiger partial charge is 0.244 e. The molecule has 2 rings (SSSR count). The summed E-state index contributed by atoms with van der Waals surface area (Å²) in [5.74, 6) is -0.548. The highest BCUT2D eigenvalue weighted by Crippen LogP contribution is 2.28. The Labute approximate surface area is 139 Å². The molecule has 1 heterocycles. The van der Waals surface area contributed by atoms with E-state index in [1.165, 1.54) is 16.4 Å². The van der Waals surface area contributed by atoms with Crippen molar-refractivity contribution in [2.45, 2.75) is 30.7 Å². The van der Waals surface area contributed by atoms with Crippen LogP contribution in [0.15, 0.2) is 27.6 Å². The molecule has 1 aromatic carbocycles. The third kappa shape index (κ3) is 4.16. The molecule has 1 unspecified atom stereocenters. The first-order valence-corrected chi connectivity index (χ1v) is 8.87. The molecule has 8 heteroatoms. The zero-order valence-electron chi connectivity index (χ0n) is 11.7. The van der Waals surface area contributed by atoms with Gasteiger partial charge in [0.25, 0.3) is 0 Å². The fourth-order valence-corrected chi connectivity index (χ4v) is 5.09. The number of hydrogen-bond donors (Lipinski definition) is 1. The van der Waals surface area contributed by atoms with Gasteiger partial charge in [-0.25, -0.2) is 12.8 Å². The summed E-state index contributed by atoms with van der Waals surface area (Å²) in [7, 11) is -3.69. The van der Waals surface area contributed by atoms with Crippen LogP contribution >= 0.6 is 28.3 Å². The maximum atomic E-state index is 13.4. The van der Waals surface area contributed by atoms with Crippen molar-refractivity contribution in [2.24, 2.45) is 0 Å². The van der Waals surface area contributed by atoms with Crippen LogP contribution in [0.5, 0.6) is 0 Å². The molecule has 1 saturated heterocycles. The zero-order valence-corrected chi connectivity index (χ0v) is 14.9. The van der Waals surface area contributed by atoms with Gasteiger partial charge < -0.3 is 5.32 Å². The van der Waals surface area contributed by atoms with Gasteiger partial charge in [-0.05, 0) is 53.5 Å². The zero-order chi connectivity index (χ0) is 14.8. The van der Waals surface area contributed by atoms with E-state index in [1.54, 1.807) is 0 Å². The lowest BCUT2D eigenvalue weighted by atomic mass is 10.2. The second kappa shape index (κ2) is 7.87. The van der Waals surface area contributed by atoms with Gasteiger partial charge in [-0.1, -0.05) is 6.92 Å². The molecular weight excluding hydrogens is 383 g/mol. The molecule has 0 radical (unpaired) electrons. The Kier molecular flexibility index (Phi) is 7.06. The van der Waals surface area contributed by atoms with Gasteiger partial charge in [0.15, 0.2) is 0 Å². The summed E-state index contributed by atoms with van der Waals surface area (Å²) in [6.07, 6.45) is 1.51. The number of nitrogens with zero attached hydrogens (tertiary/aromatic N) is 1. The van der Waals surface area contributed by atoms with Crippen LogP contribution in [0.2, 0.25) is 0 Å². The average Bonchev–Trinajstić information content (AvgIpc) is 2.92. The molecule has 0 bridgehead atoms. The largest absolute Gasteiger partial charge is 0.315 e. The number of rotatable bonds is 5. The van der Waals surface area contributed by atoms with E-state index in [0.29, 0.717) is 17.6 Å². The first kappa shape index (κ1) is 18.8. The van der Waals surface area contributed by atoms with Crippen molar-refractivity contribution in [1.82, 2.24) is 9.62 Å². The Morgan fingerprint density at radius 1 is 1.48 bits per heavy atom. The van der Waals surface area contributed by atoms with Gasteiger partial charge in [0.2, 0.25) is 10.0 Å². The first-order chi connectivity index (χ1) is 9.46. The lowest BCUT2D eigenvalue weighted by Gasteiger charge is -2.27. The van der Waals surface area contributed by atoms with E-state index in [2.05, 4.69) is 21.2 Å². The summed E-state index contributed by atoms with van der Waals surface area (Å²) < 4.78 is 40.8. The van der Waals surface area contributed by atoms with Gasteiger partial charge in [0.1, 0.15) is 5.82 Å². The molecule has 0 saturated carbocycles. The fourth-order valence-electron chi connectivity index (χ4n) is 2.41. The molecule has 0 aromatic heterocycles. The summed E-state index contributed by atoms with van der Waals surface area (Å²) in [4.78, 5) is -0.00199. The van der Waals surface area contributed by atoms with Crippen molar-refractivity contribution in [3.05, 3.63) is 28.5 Å². The SMILES string of the molecule is CCCN(C1CCNC1)S(=O)(=O)c1cc(F)ccc1Br.Cl. The molecular formula is C13H19BrClFN2O2S. The molecule has 1 aromatic rings. The summed E-state index contributed by atoms with van der Waals surface area (Å²) in [5.41, 5.74) is 0. The summed E-state index contributed by atoms with van der Waals surface area (Å²) in [6, 6.07) is 3.68. The van der Waals surface area contributed by atoms with Crippen LogP contribution in [-0.4, -0.2) is 38.4 Å². The molecule has 4 nitrogen and oxygen atoms in total. The van der Waals surface area contributed by atoms with E-state index in [0.717, 1.165) is 25.5 Å².